The minimum absolute atomic E-state index is 0.0267. The molecule has 0 radical (unpaired) electrons. The fraction of sp³-hybridized carbons (Fsp3) is 0.154. The number of carbonyl (C=O) groups excluding carboxylic acids is 2. The number of methoxy groups -OCH3 is 1. The van der Waals surface area contributed by atoms with Crippen LogP contribution in [0.5, 0.6) is 5.75 Å². The van der Waals surface area contributed by atoms with Crippen LogP contribution in [0.2, 0.25) is 0 Å². The Bertz CT molecular complexity index is 607. The number of aliphatic carboxylic acids is 1. The predicted octanol–water partition coefficient (Wildman–Crippen LogP) is 0.885. The van der Waals surface area contributed by atoms with Crippen LogP contribution in [0.15, 0.2) is 30.4 Å². The van der Waals surface area contributed by atoms with Gasteiger partial charge in [0, 0.05) is 12.2 Å². The van der Waals surface area contributed by atoms with Crippen molar-refractivity contribution in [1.29, 1.82) is 0 Å². The van der Waals surface area contributed by atoms with E-state index in [1.807, 2.05) is 0 Å². The molecule has 6 nitrogen and oxygen atoms in total. The fourth-order valence-electron chi connectivity index (χ4n) is 1.92. The summed E-state index contributed by atoms with van der Waals surface area (Å²) in [5, 5.41) is 9.21. The van der Waals surface area contributed by atoms with E-state index in [4.69, 9.17) is 4.74 Å². The molecule has 7 heteroatoms. The minimum Gasteiger partial charge on any atom is -0.494 e. The Kier molecular flexibility index (Phi) is 3.51. The van der Waals surface area contributed by atoms with Gasteiger partial charge in [-0.2, -0.15) is 0 Å². The summed E-state index contributed by atoms with van der Waals surface area (Å²) >= 11 is 0. The van der Waals surface area contributed by atoms with Crippen molar-refractivity contribution in [2.75, 3.05) is 7.11 Å². The van der Waals surface area contributed by atoms with Crippen molar-refractivity contribution in [2.24, 2.45) is 0 Å². The summed E-state index contributed by atoms with van der Waals surface area (Å²) < 4.78 is 18.4. The topological polar surface area (TPSA) is 83.9 Å². The van der Waals surface area contributed by atoms with Crippen LogP contribution in [0.1, 0.15) is 11.6 Å². The zero-order chi connectivity index (χ0) is 14.9. The van der Waals surface area contributed by atoms with Crippen molar-refractivity contribution in [2.45, 2.75) is 6.04 Å². The molecule has 104 valence electrons. The predicted molar refractivity (Wildman–Crippen MR) is 64.3 cm³/mol. The SMILES string of the molecule is COc1ccc(C(C(=O)O)N2C(=O)C=CC2=O)cc1F. The summed E-state index contributed by atoms with van der Waals surface area (Å²) in [4.78, 5) is 35.0. The van der Waals surface area contributed by atoms with E-state index in [1.165, 1.54) is 19.2 Å². The molecule has 1 unspecified atom stereocenters. The van der Waals surface area contributed by atoms with Gasteiger partial charge in [0.25, 0.3) is 11.8 Å². The van der Waals surface area contributed by atoms with E-state index in [-0.39, 0.29) is 11.3 Å². The monoisotopic (exact) mass is 279 g/mol. The number of hydrogen-bond acceptors (Lipinski definition) is 4. The molecular weight excluding hydrogens is 269 g/mol. The number of amides is 2. The highest BCUT2D eigenvalue weighted by Gasteiger charge is 2.37. The first-order valence-corrected chi connectivity index (χ1v) is 5.57. The number of hydrogen-bond donors (Lipinski definition) is 1. The Labute approximate surface area is 113 Å². The standard InChI is InChI=1S/C13H10FNO5/c1-20-9-3-2-7(6-8(9)14)12(13(18)19)15-10(16)4-5-11(15)17/h2-6,12H,1H3,(H,18,19). The van der Waals surface area contributed by atoms with Gasteiger partial charge in [-0.1, -0.05) is 6.07 Å². The van der Waals surface area contributed by atoms with Crippen LogP contribution in [0.4, 0.5) is 4.39 Å². The molecule has 2 amide bonds. The van der Waals surface area contributed by atoms with E-state index in [1.54, 1.807) is 0 Å². The van der Waals surface area contributed by atoms with E-state index in [0.29, 0.717) is 4.90 Å². The smallest absolute Gasteiger partial charge is 0.331 e. The van der Waals surface area contributed by atoms with Crippen LogP contribution < -0.4 is 4.74 Å². The van der Waals surface area contributed by atoms with Crippen molar-refractivity contribution < 1.29 is 28.6 Å². The van der Waals surface area contributed by atoms with Crippen LogP contribution in [0, 0.1) is 5.82 Å². The summed E-state index contributed by atoms with van der Waals surface area (Å²) in [6.07, 6.45) is 1.94. The first-order valence-electron chi connectivity index (χ1n) is 5.57. The molecular formula is C13H10FNO5. The summed E-state index contributed by atoms with van der Waals surface area (Å²) in [5.41, 5.74) is -0.0267. The number of carboxylic acid groups (broad SMARTS) is 1. The van der Waals surface area contributed by atoms with Gasteiger partial charge >= 0.3 is 5.97 Å². The molecule has 1 atom stereocenters. The minimum atomic E-state index is -1.58. The first kappa shape index (κ1) is 13.7. The van der Waals surface area contributed by atoms with Gasteiger partial charge in [-0.05, 0) is 17.7 Å². The molecule has 1 aromatic rings. The lowest BCUT2D eigenvalue weighted by molar-refractivity contribution is -0.153. The van der Waals surface area contributed by atoms with E-state index in [9.17, 15) is 23.9 Å². The third-order valence-electron chi connectivity index (χ3n) is 2.83. The Hall–Kier alpha value is -2.70. The van der Waals surface area contributed by atoms with Crippen molar-refractivity contribution in [3.05, 3.63) is 41.7 Å². The maximum atomic E-state index is 13.6. The molecule has 0 fully saturated rings. The van der Waals surface area contributed by atoms with Gasteiger partial charge in [0.2, 0.25) is 0 Å². The normalized spacial score (nSPS) is 15.6. The van der Waals surface area contributed by atoms with Crippen molar-refractivity contribution in [1.82, 2.24) is 4.90 Å². The number of nitrogens with zero attached hydrogens (tertiary/aromatic N) is 1. The van der Waals surface area contributed by atoms with Crippen LogP contribution in [-0.4, -0.2) is 34.9 Å². The summed E-state index contributed by atoms with van der Waals surface area (Å²) in [6.45, 7) is 0. The Morgan fingerprint density at radius 3 is 2.35 bits per heavy atom. The lowest BCUT2D eigenvalue weighted by Gasteiger charge is -2.23. The number of benzene rings is 1. The summed E-state index contributed by atoms with van der Waals surface area (Å²) in [7, 11) is 1.27. The molecule has 1 aromatic carbocycles. The number of ether oxygens (including phenoxy) is 1. The van der Waals surface area contributed by atoms with Gasteiger partial charge < -0.3 is 9.84 Å². The second-order valence-electron chi connectivity index (χ2n) is 4.01. The van der Waals surface area contributed by atoms with Crippen LogP contribution in [-0.2, 0) is 14.4 Å². The maximum Gasteiger partial charge on any atom is 0.331 e. The first-order chi connectivity index (χ1) is 9.45. The second kappa shape index (κ2) is 5.12. The molecule has 1 N–H and O–H groups in total. The molecule has 1 aliphatic rings. The number of imide groups is 1. The Morgan fingerprint density at radius 1 is 1.30 bits per heavy atom. The van der Waals surface area contributed by atoms with Crippen LogP contribution in [0.25, 0.3) is 0 Å². The average Bonchev–Trinajstić information content (AvgIpc) is 2.71. The molecule has 20 heavy (non-hydrogen) atoms. The summed E-state index contributed by atoms with van der Waals surface area (Å²) in [6, 6.07) is 1.88. The average molecular weight is 279 g/mol. The highest BCUT2D eigenvalue weighted by atomic mass is 19.1. The Balaban J connectivity index is 2.44. The molecule has 1 heterocycles. The summed E-state index contributed by atoms with van der Waals surface area (Å²) in [5.74, 6) is -3.77. The quantitative estimate of drug-likeness (QED) is 0.827. The lowest BCUT2D eigenvalue weighted by Crippen LogP contribution is -2.38. The Morgan fingerprint density at radius 2 is 1.90 bits per heavy atom. The van der Waals surface area contributed by atoms with Gasteiger partial charge in [0.05, 0.1) is 7.11 Å². The van der Waals surface area contributed by atoms with Crippen LogP contribution in [0.3, 0.4) is 0 Å². The number of carbonyl (C=O) groups is 3. The highest BCUT2D eigenvalue weighted by molar-refractivity contribution is 6.14. The maximum absolute atomic E-state index is 13.6. The third-order valence-corrected chi connectivity index (χ3v) is 2.83. The molecule has 0 saturated carbocycles. The molecule has 2 rings (SSSR count). The molecule has 0 aliphatic carbocycles. The second-order valence-corrected chi connectivity index (χ2v) is 4.01. The van der Waals surface area contributed by atoms with Crippen molar-refractivity contribution >= 4 is 17.8 Å². The van der Waals surface area contributed by atoms with E-state index in [2.05, 4.69) is 0 Å². The molecule has 0 spiro atoms. The van der Waals surface area contributed by atoms with Crippen molar-refractivity contribution in [3.63, 3.8) is 0 Å². The zero-order valence-corrected chi connectivity index (χ0v) is 10.4. The van der Waals surface area contributed by atoms with Gasteiger partial charge in [-0.15, -0.1) is 0 Å². The molecule has 0 saturated heterocycles. The number of carboxylic acids is 1. The highest BCUT2D eigenvalue weighted by Crippen LogP contribution is 2.28. The molecule has 0 aromatic heterocycles. The van der Waals surface area contributed by atoms with Crippen molar-refractivity contribution in [3.8, 4) is 5.75 Å². The number of halogens is 1. The van der Waals surface area contributed by atoms with Gasteiger partial charge in [0.1, 0.15) is 0 Å². The molecule has 0 bridgehead atoms. The van der Waals surface area contributed by atoms with Gasteiger partial charge in [-0.25, -0.2) is 9.18 Å². The van der Waals surface area contributed by atoms with E-state index in [0.717, 1.165) is 18.2 Å². The van der Waals surface area contributed by atoms with Crippen LogP contribution >= 0.6 is 0 Å². The number of rotatable bonds is 4. The zero-order valence-electron chi connectivity index (χ0n) is 10.4. The van der Waals surface area contributed by atoms with Gasteiger partial charge in [-0.3, -0.25) is 14.5 Å². The van der Waals surface area contributed by atoms with E-state index < -0.39 is 29.6 Å². The lowest BCUT2D eigenvalue weighted by atomic mass is 10.0. The van der Waals surface area contributed by atoms with Gasteiger partial charge in [0.15, 0.2) is 17.6 Å². The molecule has 1 aliphatic heterocycles. The largest absolute Gasteiger partial charge is 0.494 e. The van der Waals surface area contributed by atoms with E-state index >= 15 is 0 Å². The third kappa shape index (κ3) is 2.25. The fourth-order valence-corrected chi connectivity index (χ4v) is 1.92.